The minimum atomic E-state index is -0.649. The lowest BCUT2D eigenvalue weighted by atomic mass is 9.74. The molecule has 1 aliphatic rings. The largest absolute Gasteiger partial charge is 0.383 e. The number of ether oxygens (including phenoxy) is 1. The minimum absolute atomic E-state index is 0.0325. The highest BCUT2D eigenvalue weighted by atomic mass is 16.5. The van der Waals surface area contributed by atoms with Crippen LogP contribution in [0.25, 0.3) is 0 Å². The second-order valence-electron chi connectivity index (χ2n) is 4.33. The summed E-state index contributed by atoms with van der Waals surface area (Å²) in [5.74, 6) is 0.258. The van der Waals surface area contributed by atoms with Crippen LogP contribution in [0.2, 0.25) is 0 Å². The van der Waals surface area contributed by atoms with Crippen LogP contribution in [0.1, 0.15) is 35.2 Å². The van der Waals surface area contributed by atoms with E-state index < -0.39 is 5.60 Å². The number of Topliss-reactive ketones (excluding diaryl/α,β-unsaturated/α-hetero) is 1. The maximum atomic E-state index is 12.3. The fourth-order valence-electron chi connectivity index (χ4n) is 2.03. The summed E-state index contributed by atoms with van der Waals surface area (Å²) in [4.78, 5) is 16.3. The Bertz CT molecular complexity index is 420. The van der Waals surface area contributed by atoms with Crippen LogP contribution in [-0.2, 0) is 4.74 Å². The Morgan fingerprint density at radius 3 is 2.75 bits per heavy atom. The number of nitrogens with two attached hydrogens (primary N) is 1. The first-order valence-corrected chi connectivity index (χ1v) is 5.41. The van der Waals surface area contributed by atoms with Crippen molar-refractivity contribution in [2.45, 2.75) is 31.8 Å². The molecule has 1 aromatic heterocycles. The first-order chi connectivity index (χ1) is 7.59. The predicted octanol–water partition coefficient (Wildman–Crippen LogP) is 1.72. The molecule has 1 fully saturated rings. The second kappa shape index (κ2) is 3.87. The average Bonchev–Trinajstić information content (AvgIpc) is 2.21. The number of nitrogens with zero attached hydrogens (tertiary/aromatic N) is 1. The van der Waals surface area contributed by atoms with E-state index >= 15 is 0 Å². The summed E-state index contributed by atoms with van der Waals surface area (Å²) in [5.41, 5.74) is 6.50. The van der Waals surface area contributed by atoms with E-state index in [0.717, 1.165) is 24.8 Å². The number of pyridine rings is 1. The topological polar surface area (TPSA) is 65.2 Å². The number of nitrogen functional groups attached to an aromatic ring is 1. The Morgan fingerprint density at radius 1 is 1.56 bits per heavy atom. The molecule has 2 rings (SSSR count). The number of aryl methyl sites for hydroxylation is 1. The number of ketones is 1. The van der Waals surface area contributed by atoms with E-state index in [9.17, 15) is 4.79 Å². The van der Waals surface area contributed by atoms with E-state index in [4.69, 9.17) is 10.5 Å². The van der Waals surface area contributed by atoms with Crippen LogP contribution >= 0.6 is 0 Å². The van der Waals surface area contributed by atoms with Crippen molar-refractivity contribution in [3.05, 3.63) is 23.4 Å². The molecule has 0 bridgehead atoms. The fraction of sp³-hybridized carbons (Fsp3) is 0.500. The van der Waals surface area contributed by atoms with Gasteiger partial charge >= 0.3 is 0 Å². The number of anilines is 1. The average molecular weight is 220 g/mol. The quantitative estimate of drug-likeness (QED) is 0.788. The molecule has 0 saturated heterocycles. The third-order valence-corrected chi connectivity index (χ3v) is 3.27. The van der Waals surface area contributed by atoms with Crippen LogP contribution in [-0.4, -0.2) is 23.5 Å². The van der Waals surface area contributed by atoms with Gasteiger partial charge in [0.05, 0.1) is 5.56 Å². The number of hydrogen-bond acceptors (Lipinski definition) is 4. The molecule has 0 aliphatic heterocycles. The Kier molecular flexibility index (Phi) is 2.68. The van der Waals surface area contributed by atoms with Crippen LogP contribution in [0.4, 0.5) is 5.82 Å². The Balaban J connectivity index is 2.37. The van der Waals surface area contributed by atoms with Crippen molar-refractivity contribution in [1.29, 1.82) is 0 Å². The lowest BCUT2D eigenvalue weighted by Gasteiger charge is -2.38. The third kappa shape index (κ3) is 1.59. The summed E-state index contributed by atoms with van der Waals surface area (Å²) < 4.78 is 5.35. The monoisotopic (exact) mass is 220 g/mol. The van der Waals surface area contributed by atoms with Gasteiger partial charge in [0.1, 0.15) is 11.4 Å². The molecule has 0 atom stereocenters. The molecule has 1 aliphatic carbocycles. The van der Waals surface area contributed by atoms with Gasteiger partial charge in [-0.3, -0.25) is 4.79 Å². The van der Waals surface area contributed by atoms with Crippen LogP contribution < -0.4 is 5.73 Å². The normalized spacial score (nSPS) is 17.9. The second-order valence-corrected chi connectivity index (χ2v) is 4.33. The van der Waals surface area contributed by atoms with E-state index in [2.05, 4.69) is 4.98 Å². The Hall–Kier alpha value is -1.42. The van der Waals surface area contributed by atoms with Crippen molar-refractivity contribution < 1.29 is 9.53 Å². The van der Waals surface area contributed by atoms with Gasteiger partial charge in [-0.05, 0) is 37.8 Å². The zero-order valence-electron chi connectivity index (χ0n) is 9.62. The molecular formula is C12H16N2O2. The number of aromatic nitrogens is 1. The molecule has 1 heterocycles. The zero-order chi connectivity index (χ0) is 11.8. The van der Waals surface area contributed by atoms with Crippen LogP contribution in [0.15, 0.2) is 12.3 Å². The highest BCUT2D eigenvalue weighted by Gasteiger charge is 2.45. The minimum Gasteiger partial charge on any atom is -0.383 e. The summed E-state index contributed by atoms with van der Waals surface area (Å²) in [6.07, 6.45) is 4.23. The van der Waals surface area contributed by atoms with Crippen molar-refractivity contribution in [2.75, 3.05) is 12.8 Å². The fourth-order valence-corrected chi connectivity index (χ4v) is 2.03. The van der Waals surface area contributed by atoms with Crippen LogP contribution in [0.5, 0.6) is 0 Å². The molecule has 0 unspecified atom stereocenters. The van der Waals surface area contributed by atoms with E-state index in [1.54, 1.807) is 19.4 Å². The zero-order valence-corrected chi connectivity index (χ0v) is 9.62. The number of carbonyl (C=O) groups is 1. The number of hydrogen-bond donors (Lipinski definition) is 1. The van der Waals surface area contributed by atoms with Crippen LogP contribution in [0.3, 0.4) is 0 Å². The number of methoxy groups -OCH3 is 1. The Morgan fingerprint density at radius 2 is 2.25 bits per heavy atom. The van der Waals surface area contributed by atoms with Gasteiger partial charge in [0, 0.05) is 13.3 Å². The lowest BCUT2D eigenvalue weighted by Crippen LogP contribution is -2.47. The summed E-state index contributed by atoms with van der Waals surface area (Å²) >= 11 is 0. The molecule has 4 nitrogen and oxygen atoms in total. The van der Waals surface area contributed by atoms with E-state index in [-0.39, 0.29) is 5.78 Å². The van der Waals surface area contributed by atoms with Crippen molar-refractivity contribution in [3.8, 4) is 0 Å². The number of rotatable bonds is 3. The van der Waals surface area contributed by atoms with Gasteiger partial charge in [0.2, 0.25) is 0 Å². The van der Waals surface area contributed by atoms with E-state index in [0.29, 0.717) is 11.4 Å². The number of carbonyl (C=O) groups excluding carboxylic acids is 1. The van der Waals surface area contributed by atoms with Gasteiger partial charge in [-0.2, -0.15) is 0 Å². The van der Waals surface area contributed by atoms with Gasteiger partial charge in [-0.15, -0.1) is 0 Å². The molecule has 1 saturated carbocycles. The van der Waals surface area contributed by atoms with Crippen molar-refractivity contribution in [1.82, 2.24) is 4.98 Å². The molecule has 86 valence electrons. The van der Waals surface area contributed by atoms with Crippen molar-refractivity contribution >= 4 is 11.6 Å². The third-order valence-electron chi connectivity index (χ3n) is 3.27. The van der Waals surface area contributed by atoms with E-state index in [1.165, 1.54) is 0 Å². The highest BCUT2D eigenvalue weighted by molar-refractivity contribution is 6.06. The molecule has 0 spiro atoms. The molecule has 0 aromatic carbocycles. The van der Waals surface area contributed by atoms with Crippen LogP contribution in [0, 0.1) is 6.92 Å². The maximum absolute atomic E-state index is 12.3. The molecule has 16 heavy (non-hydrogen) atoms. The molecule has 1 aromatic rings. The van der Waals surface area contributed by atoms with Gasteiger partial charge in [0.15, 0.2) is 5.78 Å². The molecule has 0 radical (unpaired) electrons. The van der Waals surface area contributed by atoms with Crippen molar-refractivity contribution in [3.63, 3.8) is 0 Å². The highest BCUT2D eigenvalue weighted by Crippen LogP contribution is 2.38. The summed E-state index contributed by atoms with van der Waals surface area (Å²) in [6.45, 7) is 1.89. The predicted molar refractivity (Wildman–Crippen MR) is 61.3 cm³/mol. The first kappa shape index (κ1) is 11.1. The van der Waals surface area contributed by atoms with Gasteiger partial charge in [0.25, 0.3) is 0 Å². The first-order valence-electron chi connectivity index (χ1n) is 5.41. The Labute approximate surface area is 94.8 Å². The van der Waals surface area contributed by atoms with E-state index in [1.807, 2.05) is 6.92 Å². The lowest BCUT2D eigenvalue weighted by molar-refractivity contribution is -0.0447. The van der Waals surface area contributed by atoms with Gasteiger partial charge in [-0.25, -0.2) is 4.98 Å². The smallest absolute Gasteiger partial charge is 0.198 e. The standard InChI is InChI=1S/C12H16N2O2/c1-8-6-9(11(13)14-7-8)10(15)12(16-2)4-3-5-12/h6-7H,3-5H2,1-2H3,(H2,13,14). The molecular weight excluding hydrogens is 204 g/mol. The maximum Gasteiger partial charge on any atom is 0.198 e. The molecule has 0 amide bonds. The summed E-state index contributed by atoms with van der Waals surface area (Å²) in [7, 11) is 1.58. The van der Waals surface area contributed by atoms with Gasteiger partial charge < -0.3 is 10.5 Å². The molecule has 4 heteroatoms. The SMILES string of the molecule is COC1(C(=O)c2cc(C)cnc2N)CCC1. The van der Waals surface area contributed by atoms with Crippen molar-refractivity contribution in [2.24, 2.45) is 0 Å². The summed E-state index contributed by atoms with van der Waals surface area (Å²) in [6, 6.07) is 1.78. The molecule has 2 N–H and O–H groups in total. The summed E-state index contributed by atoms with van der Waals surface area (Å²) in [5, 5.41) is 0. The van der Waals surface area contributed by atoms with Gasteiger partial charge in [-0.1, -0.05) is 0 Å².